The molecule has 90 valence electrons. The number of nitrogens with zero attached hydrogens (tertiary/aromatic N) is 1. The Hall–Kier alpha value is -2.43. The molecule has 1 heterocycles. The van der Waals surface area contributed by atoms with Crippen molar-refractivity contribution < 1.29 is 8.78 Å². The molecule has 3 N–H and O–H groups in total. The highest BCUT2D eigenvalue weighted by Crippen LogP contribution is 2.28. The predicted octanol–water partition coefficient (Wildman–Crippen LogP) is 3.09. The van der Waals surface area contributed by atoms with E-state index < -0.39 is 11.6 Å². The van der Waals surface area contributed by atoms with Gasteiger partial charge in [-0.15, -0.1) is 0 Å². The zero-order valence-corrected chi connectivity index (χ0v) is 9.24. The van der Waals surface area contributed by atoms with Crippen LogP contribution in [0, 0.1) is 11.6 Å². The molecular weight excluding hydrogens is 236 g/mol. The molecule has 0 fully saturated rings. The molecule has 1 aromatic heterocycles. The number of aromatic nitrogens is 2. The fourth-order valence-electron chi connectivity index (χ4n) is 1.90. The van der Waals surface area contributed by atoms with Crippen LogP contribution >= 0.6 is 0 Å². The lowest BCUT2D eigenvalue weighted by molar-refractivity contribution is 0.509. The molecule has 5 heteroatoms. The molecular formula is C13H9F2N3. The maximum absolute atomic E-state index is 13.2. The first-order valence-electron chi connectivity index (χ1n) is 5.34. The monoisotopic (exact) mass is 245 g/mol. The first kappa shape index (κ1) is 10.7. The Kier molecular flexibility index (Phi) is 2.26. The van der Waals surface area contributed by atoms with Gasteiger partial charge in [0.05, 0.1) is 5.52 Å². The summed E-state index contributed by atoms with van der Waals surface area (Å²) in [5.41, 5.74) is 8.15. The molecule has 0 bridgehead atoms. The smallest absolute Gasteiger partial charge is 0.159 e. The third-order valence-electron chi connectivity index (χ3n) is 2.78. The average molecular weight is 245 g/mol. The molecule has 0 aliphatic rings. The molecule has 0 atom stereocenters. The SMILES string of the molecule is Nc1ccc2[nH]nc(-c3ccc(F)c(F)c3)c2c1. The molecule has 0 aliphatic carbocycles. The molecule has 3 nitrogen and oxygen atoms in total. The van der Waals surface area contributed by atoms with E-state index in [1.807, 2.05) is 0 Å². The van der Waals surface area contributed by atoms with E-state index in [1.165, 1.54) is 6.07 Å². The number of aromatic amines is 1. The van der Waals surface area contributed by atoms with Crippen LogP contribution in [0.25, 0.3) is 22.2 Å². The largest absolute Gasteiger partial charge is 0.399 e. The lowest BCUT2D eigenvalue weighted by Gasteiger charge is -2.00. The molecule has 0 unspecified atom stereocenters. The molecule has 0 radical (unpaired) electrons. The minimum Gasteiger partial charge on any atom is -0.399 e. The Balaban J connectivity index is 2.24. The average Bonchev–Trinajstić information content (AvgIpc) is 2.75. The molecule has 0 aliphatic heterocycles. The number of hydrogen-bond donors (Lipinski definition) is 2. The number of benzene rings is 2. The fourth-order valence-corrected chi connectivity index (χ4v) is 1.90. The van der Waals surface area contributed by atoms with Crippen LogP contribution in [0.2, 0.25) is 0 Å². The van der Waals surface area contributed by atoms with Crippen LogP contribution in [0.1, 0.15) is 0 Å². The number of hydrogen-bond acceptors (Lipinski definition) is 2. The number of halogens is 2. The number of nitrogens with two attached hydrogens (primary N) is 1. The van der Waals surface area contributed by atoms with E-state index in [9.17, 15) is 8.78 Å². The van der Waals surface area contributed by atoms with Gasteiger partial charge in [-0.1, -0.05) is 0 Å². The van der Waals surface area contributed by atoms with Crippen LogP contribution in [-0.2, 0) is 0 Å². The van der Waals surface area contributed by atoms with E-state index in [2.05, 4.69) is 10.2 Å². The highest BCUT2D eigenvalue weighted by atomic mass is 19.2. The van der Waals surface area contributed by atoms with Crippen molar-refractivity contribution in [3.05, 3.63) is 48.0 Å². The van der Waals surface area contributed by atoms with Gasteiger partial charge in [0.2, 0.25) is 0 Å². The van der Waals surface area contributed by atoms with Gasteiger partial charge in [0.1, 0.15) is 5.69 Å². The molecule has 0 spiro atoms. The Morgan fingerprint density at radius 1 is 1.00 bits per heavy atom. The molecule has 3 rings (SSSR count). The summed E-state index contributed by atoms with van der Waals surface area (Å²) in [6.07, 6.45) is 0. The van der Waals surface area contributed by atoms with Crippen LogP contribution in [0.15, 0.2) is 36.4 Å². The number of nitrogen functional groups attached to an aromatic ring is 1. The molecule has 0 amide bonds. The van der Waals surface area contributed by atoms with Crippen LogP contribution in [0.4, 0.5) is 14.5 Å². The lowest BCUT2D eigenvalue weighted by Crippen LogP contribution is -1.87. The highest BCUT2D eigenvalue weighted by Gasteiger charge is 2.10. The topological polar surface area (TPSA) is 54.7 Å². The number of H-pyrrole nitrogens is 1. The standard InChI is InChI=1S/C13H9F2N3/c14-10-3-1-7(5-11(10)15)13-9-6-8(16)2-4-12(9)17-18-13/h1-6H,16H2,(H,17,18). The Morgan fingerprint density at radius 2 is 1.83 bits per heavy atom. The van der Waals surface area contributed by atoms with Gasteiger partial charge >= 0.3 is 0 Å². The van der Waals surface area contributed by atoms with Crippen LogP contribution in [0.3, 0.4) is 0 Å². The van der Waals surface area contributed by atoms with Crippen molar-refractivity contribution >= 4 is 16.6 Å². The van der Waals surface area contributed by atoms with Gasteiger partial charge in [0.25, 0.3) is 0 Å². The van der Waals surface area contributed by atoms with Gasteiger partial charge in [0.15, 0.2) is 11.6 Å². The van der Waals surface area contributed by atoms with Crippen molar-refractivity contribution in [3.8, 4) is 11.3 Å². The fraction of sp³-hybridized carbons (Fsp3) is 0. The molecule has 2 aromatic carbocycles. The van der Waals surface area contributed by atoms with Crippen molar-refractivity contribution in [3.63, 3.8) is 0 Å². The number of anilines is 1. The predicted molar refractivity (Wildman–Crippen MR) is 65.9 cm³/mol. The summed E-state index contributed by atoms with van der Waals surface area (Å²) in [6.45, 7) is 0. The zero-order chi connectivity index (χ0) is 12.7. The second-order valence-electron chi connectivity index (χ2n) is 4.01. The van der Waals surface area contributed by atoms with Gasteiger partial charge in [-0.25, -0.2) is 8.78 Å². The third kappa shape index (κ3) is 1.60. The Morgan fingerprint density at radius 3 is 2.61 bits per heavy atom. The minimum atomic E-state index is -0.896. The molecule has 18 heavy (non-hydrogen) atoms. The summed E-state index contributed by atoms with van der Waals surface area (Å²) in [6, 6.07) is 8.97. The maximum atomic E-state index is 13.2. The van der Waals surface area contributed by atoms with E-state index >= 15 is 0 Å². The summed E-state index contributed by atoms with van der Waals surface area (Å²) in [5.74, 6) is -1.77. The van der Waals surface area contributed by atoms with Crippen LogP contribution in [-0.4, -0.2) is 10.2 Å². The molecule has 3 aromatic rings. The van der Waals surface area contributed by atoms with Crippen LogP contribution < -0.4 is 5.73 Å². The van der Waals surface area contributed by atoms with E-state index in [1.54, 1.807) is 18.2 Å². The highest BCUT2D eigenvalue weighted by molar-refractivity contribution is 5.94. The third-order valence-corrected chi connectivity index (χ3v) is 2.78. The summed E-state index contributed by atoms with van der Waals surface area (Å²) < 4.78 is 26.1. The second kappa shape index (κ2) is 3.80. The summed E-state index contributed by atoms with van der Waals surface area (Å²) in [4.78, 5) is 0. The van der Waals surface area contributed by atoms with Crippen molar-refractivity contribution in [1.29, 1.82) is 0 Å². The van der Waals surface area contributed by atoms with Crippen molar-refractivity contribution in [2.45, 2.75) is 0 Å². The summed E-state index contributed by atoms with van der Waals surface area (Å²) >= 11 is 0. The van der Waals surface area contributed by atoms with Gasteiger partial charge in [-0.3, -0.25) is 5.10 Å². The van der Waals surface area contributed by atoms with Gasteiger partial charge in [-0.05, 0) is 36.4 Å². The van der Waals surface area contributed by atoms with Gasteiger partial charge in [0, 0.05) is 16.6 Å². The van der Waals surface area contributed by atoms with Crippen LogP contribution in [0.5, 0.6) is 0 Å². The van der Waals surface area contributed by atoms with E-state index in [-0.39, 0.29) is 0 Å². The molecule has 0 saturated heterocycles. The molecule has 0 saturated carbocycles. The first-order chi connectivity index (χ1) is 8.65. The minimum absolute atomic E-state index is 0.505. The maximum Gasteiger partial charge on any atom is 0.159 e. The number of nitrogens with one attached hydrogen (secondary N) is 1. The van der Waals surface area contributed by atoms with Crippen molar-refractivity contribution in [1.82, 2.24) is 10.2 Å². The van der Waals surface area contributed by atoms with Crippen molar-refractivity contribution in [2.75, 3.05) is 5.73 Å². The normalized spacial score (nSPS) is 11.0. The Labute approximate surface area is 101 Å². The number of rotatable bonds is 1. The van der Waals surface area contributed by atoms with Crippen molar-refractivity contribution in [2.24, 2.45) is 0 Å². The summed E-state index contributed by atoms with van der Waals surface area (Å²) in [7, 11) is 0. The van der Waals surface area contributed by atoms with E-state index in [4.69, 9.17) is 5.73 Å². The quantitative estimate of drug-likeness (QED) is 0.647. The van der Waals surface area contributed by atoms with Gasteiger partial charge in [-0.2, -0.15) is 5.10 Å². The lowest BCUT2D eigenvalue weighted by atomic mass is 10.1. The first-order valence-corrected chi connectivity index (χ1v) is 5.34. The van der Waals surface area contributed by atoms with E-state index in [0.29, 0.717) is 16.9 Å². The Bertz CT molecular complexity index is 734. The van der Waals surface area contributed by atoms with E-state index in [0.717, 1.165) is 23.0 Å². The number of fused-ring (bicyclic) bond motifs is 1. The second-order valence-corrected chi connectivity index (χ2v) is 4.01. The summed E-state index contributed by atoms with van der Waals surface area (Å²) in [5, 5.41) is 7.71. The van der Waals surface area contributed by atoms with Gasteiger partial charge < -0.3 is 5.73 Å². The zero-order valence-electron chi connectivity index (χ0n) is 9.24.